The van der Waals surface area contributed by atoms with Crippen molar-refractivity contribution in [2.75, 3.05) is 6.61 Å². The molecular formula is C15H15ClO3. The number of allylic oxidation sites excluding steroid dienone is 1. The van der Waals surface area contributed by atoms with Crippen molar-refractivity contribution in [3.05, 3.63) is 47.0 Å². The van der Waals surface area contributed by atoms with E-state index < -0.39 is 0 Å². The molecule has 1 atom stereocenters. The number of benzene rings is 1. The van der Waals surface area contributed by atoms with Gasteiger partial charge < -0.3 is 4.74 Å². The quantitative estimate of drug-likeness (QED) is 0.481. The number of carbonyl (C=O) groups is 2. The predicted molar refractivity (Wildman–Crippen MR) is 73.2 cm³/mol. The maximum Gasteiger partial charge on any atom is 0.313 e. The topological polar surface area (TPSA) is 43.4 Å². The standard InChI is InChI=1S/C15H15ClO3/c16-13-8-6-11(7-9-13)14(17)10-19-15(18)12-4-2-1-3-5-12/h2,4,6-9,12H,1,3,5,10H2. The van der Waals surface area contributed by atoms with Gasteiger partial charge in [0.2, 0.25) is 0 Å². The van der Waals surface area contributed by atoms with Gasteiger partial charge in [-0.15, -0.1) is 0 Å². The summed E-state index contributed by atoms with van der Waals surface area (Å²) in [5.74, 6) is -0.741. The molecule has 1 aromatic rings. The van der Waals surface area contributed by atoms with Crippen molar-refractivity contribution in [3.8, 4) is 0 Å². The fraction of sp³-hybridized carbons (Fsp3) is 0.333. The van der Waals surface area contributed by atoms with Crippen LogP contribution in [0.25, 0.3) is 0 Å². The molecule has 0 saturated carbocycles. The summed E-state index contributed by atoms with van der Waals surface area (Å²) in [6.45, 7) is -0.217. The van der Waals surface area contributed by atoms with Gasteiger partial charge in [-0.25, -0.2) is 0 Å². The summed E-state index contributed by atoms with van der Waals surface area (Å²) in [5.41, 5.74) is 0.497. The summed E-state index contributed by atoms with van der Waals surface area (Å²) < 4.78 is 5.06. The van der Waals surface area contributed by atoms with E-state index >= 15 is 0 Å². The molecular weight excluding hydrogens is 264 g/mol. The zero-order valence-corrected chi connectivity index (χ0v) is 11.2. The van der Waals surface area contributed by atoms with Crippen LogP contribution in [0.5, 0.6) is 0 Å². The molecule has 0 saturated heterocycles. The summed E-state index contributed by atoms with van der Waals surface area (Å²) in [5, 5.41) is 0.570. The largest absolute Gasteiger partial charge is 0.457 e. The monoisotopic (exact) mass is 278 g/mol. The Morgan fingerprint density at radius 3 is 2.63 bits per heavy atom. The lowest BCUT2D eigenvalue weighted by atomic mass is 9.96. The minimum absolute atomic E-state index is 0.202. The van der Waals surface area contributed by atoms with Crippen molar-refractivity contribution >= 4 is 23.4 Å². The highest BCUT2D eigenvalue weighted by Crippen LogP contribution is 2.18. The van der Waals surface area contributed by atoms with Gasteiger partial charge in [-0.3, -0.25) is 9.59 Å². The number of ether oxygens (including phenoxy) is 1. The molecule has 0 fully saturated rings. The van der Waals surface area contributed by atoms with E-state index in [-0.39, 0.29) is 24.3 Å². The molecule has 0 amide bonds. The first-order valence-corrected chi connectivity index (χ1v) is 6.66. The zero-order chi connectivity index (χ0) is 13.7. The highest BCUT2D eigenvalue weighted by molar-refractivity contribution is 6.30. The summed E-state index contributed by atoms with van der Waals surface area (Å²) in [6, 6.07) is 6.53. The first-order valence-electron chi connectivity index (χ1n) is 6.29. The Hall–Kier alpha value is -1.61. The van der Waals surface area contributed by atoms with Gasteiger partial charge >= 0.3 is 5.97 Å². The number of Topliss-reactive ketones (excluding diaryl/α,β-unsaturated/α-hetero) is 1. The first-order chi connectivity index (χ1) is 9.16. The second kappa shape index (κ2) is 6.53. The van der Waals surface area contributed by atoms with Gasteiger partial charge in [0.05, 0.1) is 5.92 Å². The Labute approximate surface area is 117 Å². The van der Waals surface area contributed by atoms with E-state index in [9.17, 15) is 9.59 Å². The van der Waals surface area contributed by atoms with Crippen LogP contribution in [0, 0.1) is 5.92 Å². The molecule has 100 valence electrons. The predicted octanol–water partition coefficient (Wildman–Crippen LogP) is 3.42. The van der Waals surface area contributed by atoms with Gasteiger partial charge in [-0.1, -0.05) is 23.8 Å². The maximum absolute atomic E-state index is 11.8. The zero-order valence-electron chi connectivity index (χ0n) is 10.5. The van der Waals surface area contributed by atoms with E-state index in [0.29, 0.717) is 10.6 Å². The Morgan fingerprint density at radius 2 is 2.00 bits per heavy atom. The third kappa shape index (κ3) is 3.93. The molecule has 1 aromatic carbocycles. The molecule has 19 heavy (non-hydrogen) atoms. The van der Waals surface area contributed by atoms with Crippen LogP contribution in [-0.2, 0) is 9.53 Å². The number of rotatable bonds is 4. The van der Waals surface area contributed by atoms with Crippen LogP contribution in [-0.4, -0.2) is 18.4 Å². The summed E-state index contributed by atoms with van der Waals surface area (Å²) in [7, 11) is 0. The molecule has 1 aliphatic rings. The molecule has 0 bridgehead atoms. The second-order valence-electron chi connectivity index (χ2n) is 4.50. The Morgan fingerprint density at radius 1 is 1.26 bits per heavy atom. The molecule has 3 nitrogen and oxygen atoms in total. The molecule has 0 spiro atoms. The fourth-order valence-corrected chi connectivity index (χ4v) is 2.10. The highest BCUT2D eigenvalue weighted by Gasteiger charge is 2.19. The van der Waals surface area contributed by atoms with Gasteiger partial charge in [-0.05, 0) is 43.5 Å². The lowest BCUT2D eigenvalue weighted by molar-refractivity contribution is -0.146. The van der Waals surface area contributed by atoms with Crippen molar-refractivity contribution in [1.82, 2.24) is 0 Å². The van der Waals surface area contributed by atoms with Crippen molar-refractivity contribution in [1.29, 1.82) is 0 Å². The fourth-order valence-electron chi connectivity index (χ4n) is 1.97. The van der Waals surface area contributed by atoms with Crippen LogP contribution < -0.4 is 0 Å². The summed E-state index contributed by atoms with van der Waals surface area (Å²) in [4.78, 5) is 23.5. The number of halogens is 1. The van der Waals surface area contributed by atoms with Crippen molar-refractivity contribution in [2.45, 2.75) is 19.3 Å². The number of hydrogen-bond acceptors (Lipinski definition) is 3. The molecule has 0 aromatic heterocycles. The van der Waals surface area contributed by atoms with Gasteiger partial charge in [0.15, 0.2) is 12.4 Å². The Balaban J connectivity index is 1.86. The van der Waals surface area contributed by atoms with E-state index in [0.717, 1.165) is 19.3 Å². The molecule has 4 heteroatoms. The molecule has 0 aliphatic heterocycles. The molecule has 1 unspecified atom stereocenters. The van der Waals surface area contributed by atoms with Gasteiger partial charge in [-0.2, -0.15) is 0 Å². The molecule has 1 aliphatic carbocycles. The average Bonchev–Trinajstić information content (AvgIpc) is 2.46. The normalized spacial score (nSPS) is 18.1. The van der Waals surface area contributed by atoms with E-state index in [1.807, 2.05) is 12.2 Å². The smallest absolute Gasteiger partial charge is 0.313 e. The third-order valence-corrected chi connectivity index (χ3v) is 3.32. The minimum atomic E-state index is -0.321. The molecule has 2 rings (SSSR count). The SMILES string of the molecule is O=C(COC(=O)C1C=CCCC1)c1ccc(Cl)cc1. The Kier molecular flexibility index (Phi) is 4.74. The van der Waals surface area contributed by atoms with Crippen LogP contribution >= 0.6 is 11.6 Å². The van der Waals surface area contributed by atoms with Crippen molar-refractivity contribution in [2.24, 2.45) is 5.92 Å². The summed E-state index contributed by atoms with van der Waals surface area (Å²) in [6.07, 6.45) is 6.63. The van der Waals surface area contributed by atoms with E-state index in [4.69, 9.17) is 16.3 Å². The first kappa shape index (κ1) is 13.8. The van der Waals surface area contributed by atoms with Crippen LogP contribution in [0.3, 0.4) is 0 Å². The molecule has 0 radical (unpaired) electrons. The van der Waals surface area contributed by atoms with Crippen LogP contribution in [0.1, 0.15) is 29.6 Å². The van der Waals surface area contributed by atoms with Crippen molar-refractivity contribution in [3.63, 3.8) is 0 Å². The van der Waals surface area contributed by atoms with Crippen LogP contribution in [0.4, 0.5) is 0 Å². The van der Waals surface area contributed by atoms with E-state index in [2.05, 4.69) is 0 Å². The van der Waals surface area contributed by atoms with Crippen LogP contribution in [0.15, 0.2) is 36.4 Å². The summed E-state index contributed by atoms with van der Waals surface area (Å²) >= 11 is 5.74. The van der Waals surface area contributed by atoms with E-state index in [1.54, 1.807) is 24.3 Å². The van der Waals surface area contributed by atoms with E-state index in [1.165, 1.54) is 0 Å². The van der Waals surface area contributed by atoms with Crippen molar-refractivity contribution < 1.29 is 14.3 Å². The third-order valence-electron chi connectivity index (χ3n) is 3.07. The van der Waals surface area contributed by atoms with Crippen LogP contribution in [0.2, 0.25) is 5.02 Å². The Bertz CT molecular complexity index is 491. The van der Waals surface area contributed by atoms with Gasteiger partial charge in [0.25, 0.3) is 0 Å². The number of carbonyl (C=O) groups excluding carboxylic acids is 2. The number of hydrogen-bond donors (Lipinski definition) is 0. The second-order valence-corrected chi connectivity index (χ2v) is 4.94. The lowest BCUT2D eigenvalue weighted by Gasteiger charge is -2.14. The molecule has 0 N–H and O–H groups in total. The average molecular weight is 279 g/mol. The number of ketones is 1. The molecule has 0 heterocycles. The minimum Gasteiger partial charge on any atom is -0.457 e. The number of esters is 1. The van der Waals surface area contributed by atoms with Gasteiger partial charge in [0, 0.05) is 10.6 Å². The highest BCUT2D eigenvalue weighted by atomic mass is 35.5. The maximum atomic E-state index is 11.8. The van der Waals surface area contributed by atoms with Gasteiger partial charge in [0.1, 0.15) is 0 Å². The lowest BCUT2D eigenvalue weighted by Crippen LogP contribution is -2.21.